The highest BCUT2D eigenvalue weighted by molar-refractivity contribution is 6.58. The average Bonchev–Trinajstić information content (AvgIpc) is 3.03. The van der Waals surface area contributed by atoms with E-state index in [2.05, 4.69) is 5.16 Å². The molecule has 4 rings (SSSR count). The maximum atomic E-state index is 13.0. The van der Waals surface area contributed by atoms with Crippen LogP contribution in [0.5, 0.6) is 0 Å². The van der Waals surface area contributed by atoms with Gasteiger partial charge in [-0.3, -0.25) is 9.59 Å². The van der Waals surface area contributed by atoms with Crippen molar-refractivity contribution in [2.24, 2.45) is 5.16 Å². The number of carbonyl (C=O) groups excluding carboxylic acids is 3. The van der Waals surface area contributed by atoms with Crippen LogP contribution in [0.2, 0.25) is 0 Å². The first-order valence-electron chi connectivity index (χ1n) is 9.36. The van der Waals surface area contributed by atoms with E-state index >= 15 is 0 Å². The van der Waals surface area contributed by atoms with Gasteiger partial charge in [-0.1, -0.05) is 58.7 Å². The van der Waals surface area contributed by atoms with Crippen LogP contribution in [-0.4, -0.2) is 23.5 Å². The second-order valence-corrected chi connectivity index (χ2v) is 7.01. The fourth-order valence-corrected chi connectivity index (χ4v) is 3.14. The van der Waals surface area contributed by atoms with Gasteiger partial charge in [-0.2, -0.15) is 0 Å². The number of amides is 2. The molecule has 6 nitrogen and oxygen atoms in total. The van der Waals surface area contributed by atoms with Crippen LogP contribution in [0.3, 0.4) is 0 Å². The van der Waals surface area contributed by atoms with E-state index in [1.54, 1.807) is 72.8 Å². The first-order valence-corrected chi connectivity index (χ1v) is 9.36. The lowest BCUT2D eigenvalue weighted by atomic mass is 10.1. The maximum absolute atomic E-state index is 13.0. The number of hydrogen-bond donors (Lipinski definition) is 0. The van der Waals surface area contributed by atoms with Crippen molar-refractivity contribution in [3.05, 3.63) is 101 Å². The minimum atomic E-state index is -0.684. The van der Waals surface area contributed by atoms with Crippen LogP contribution in [0.1, 0.15) is 37.4 Å². The number of oxime groups is 1. The molecule has 0 saturated carbocycles. The molecule has 1 heterocycles. The van der Waals surface area contributed by atoms with Crippen molar-refractivity contribution in [1.29, 1.82) is 0 Å². The van der Waals surface area contributed by atoms with E-state index in [1.165, 1.54) is 0 Å². The van der Waals surface area contributed by atoms with Crippen molar-refractivity contribution >= 4 is 29.2 Å². The van der Waals surface area contributed by atoms with Crippen molar-refractivity contribution in [2.75, 3.05) is 4.90 Å². The molecule has 0 aliphatic carbocycles. The van der Waals surface area contributed by atoms with E-state index < -0.39 is 17.8 Å². The molecule has 2 amide bonds. The van der Waals surface area contributed by atoms with Crippen LogP contribution < -0.4 is 4.90 Å². The molecule has 3 aromatic rings. The Morgan fingerprint density at radius 3 is 2.00 bits per heavy atom. The van der Waals surface area contributed by atoms with Crippen LogP contribution in [0.15, 0.2) is 78.0 Å². The molecule has 3 aromatic carbocycles. The lowest BCUT2D eigenvalue weighted by molar-refractivity contribution is -0.111. The van der Waals surface area contributed by atoms with Gasteiger partial charge in [0, 0.05) is 11.1 Å². The predicted molar refractivity (Wildman–Crippen MR) is 113 cm³/mol. The maximum Gasteiger partial charge on any atom is 0.365 e. The van der Waals surface area contributed by atoms with Gasteiger partial charge in [-0.25, -0.2) is 9.69 Å². The van der Waals surface area contributed by atoms with Crippen molar-refractivity contribution in [1.82, 2.24) is 0 Å². The van der Waals surface area contributed by atoms with Gasteiger partial charge in [0.25, 0.3) is 11.8 Å². The molecule has 0 radical (unpaired) electrons. The number of rotatable bonds is 3. The molecular weight excluding hydrogens is 380 g/mol. The third-order valence-electron chi connectivity index (χ3n) is 4.81. The summed E-state index contributed by atoms with van der Waals surface area (Å²) in [5.74, 6) is -1.79. The Bertz CT molecular complexity index is 1180. The van der Waals surface area contributed by atoms with Crippen LogP contribution in [0, 0.1) is 13.8 Å². The SMILES string of the molecule is Cc1ccc(C(=O)O/N=C2\C(=O)N(C(=O)c3ccc(C)cc3)c3ccccc32)cc1. The average molecular weight is 398 g/mol. The summed E-state index contributed by atoms with van der Waals surface area (Å²) in [4.78, 5) is 44.4. The Labute approximate surface area is 173 Å². The number of benzene rings is 3. The van der Waals surface area contributed by atoms with Crippen LogP contribution in [0.25, 0.3) is 0 Å². The number of para-hydroxylation sites is 1. The van der Waals surface area contributed by atoms with Gasteiger partial charge in [0.1, 0.15) is 0 Å². The zero-order valence-electron chi connectivity index (χ0n) is 16.5. The molecule has 0 bridgehead atoms. The normalized spacial score (nSPS) is 14.0. The Hall–Kier alpha value is -4.06. The summed E-state index contributed by atoms with van der Waals surface area (Å²) in [5.41, 5.74) is 3.44. The molecule has 30 heavy (non-hydrogen) atoms. The third-order valence-corrected chi connectivity index (χ3v) is 4.81. The van der Waals surface area contributed by atoms with Gasteiger partial charge in [-0.15, -0.1) is 0 Å². The number of nitrogens with zero attached hydrogens (tertiary/aromatic N) is 2. The number of aryl methyl sites for hydroxylation is 2. The highest BCUT2D eigenvalue weighted by Gasteiger charge is 2.39. The van der Waals surface area contributed by atoms with Crippen molar-refractivity contribution in [3.63, 3.8) is 0 Å². The molecule has 0 saturated heterocycles. The minimum absolute atomic E-state index is 0.0912. The molecule has 6 heteroatoms. The first-order chi connectivity index (χ1) is 14.5. The van der Waals surface area contributed by atoms with E-state index in [1.807, 2.05) is 13.8 Å². The fourth-order valence-electron chi connectivity index (χ4n) is 3.14. The third kappa shape index (κ3) is 3.51. The van der Waals surface area contributed by atoms with Gasteiger partial charge in [0.05, 0.1) is 11.3 Å². The molecule has 0 unspecified atom stereocenters. The molecule has 148 valence electrons. The van der Waals surface area contributed by atoms with Crippen molar-refractivity contribution < 1.29 is 19.2 Å². The largest absolute Gasteiger partial charge is 0.365 e. The lowest BCUT2D eigenvalue weighted by Gasteiger charge is -2.14. The summed E-state index contributed by atoms with van der Waals surface area (Å²) in [6.45, 7) is 3.82. The second-order valence-electron chi connectivity index (χ2n) is 7.01. The van der Waals surface area contributed by atoms with E-state index in [9.17, 15) is 14.4 Å². The molecule has 1 aliphatic rings. The van der Waals surface area contributed by atoms with Gasteiger partial charge < -0.3 is 4.84 Å². The quantitative estimate of drug-likeness (QED) is 0.379. The second kappa shape index (κ2) is 7.75. The zero-order valence-corrected chi connectivity index (χ0v) is 16.5. The number of anilines is 1. The molecule has 0 spiro atoms. The highest BCUT2D eigenvalue weighted by atomic mass is 16.7. The van der Waals surface area contributed by atoms with Crippen molar-refractivity contribution in [2.45, 2.75) is 13.8 Å². The van der Waals surface area contributed by atoms with Gasteiger partial charge in [-0.05, 0) is 44.2 Å². The standard InChI is InChI=1S/C24H18N2O4/c1-15-7-11-17(12-8-15)22(27)26-20-6-4-3-5-19(20)21(23(26)28)25-30-24(29)18-13-9-16(2)10-14-18/h3-14H,1-2H3/b25-21-. The minimum Gasteiger partial charge on any atom is -0.312 e. The van der Waals surface area contributed by atoms with Crippen LogP contribution >= 0.6 is 0 Å². The topological polar surface area (TPSA) is 76.0 Å². The molecule has 1 aliphatic heterocycles. The zero-order chi connectivity index (χ0) is 21.3. The fraction of sp³-hybridized carbons (Fsp3) is 0.0833. The Kier molecular flexibility index (Phi) is 4.98. The number of carbonyl (C=O) groups is 3. The lowest BCUT2D eigenvalue weighted by Crippen LogP contribution is -2.36. The summed E-state index contributed by atoms with van der Waals surface area (Å²) < 4.78 is 0. The van der Waals surface area contributed by atoms with Gasteiger partial charge in [0.2, 0.25) is 0 Å². The van der Waals surface area contributed by atoms with Crippen molar-refractivity contribution in [3.8, 4) is 0 Å². The first kappa shape index (κ1) is 19.3. The predicted octanol–water partition coefficient (Wildman–Crippen LogP) is 4.05. The summed E-state index contributed by atoms with van der Waals surface area (Å²) in [5, 5.41) is 3.81. The monoisotopic (exact) mass is 398 g/mol. The Morgan fingerprint density at radius 2 is 1.37 bits per heavy atom. The Morgan fingerprint density at radius 1 is 0.800 bits per heavy atom. The molecule has 0 aromatic heterocycles. The summed E-state index contributed by atoms with van der Waals surface area (Å²) in [6, 6.07) is 20.5. The van der Waals surface area contributed by atoms with Crippen LogP contribution in [-0.2, 0) is 9.63 Å². The molecule has 0 atom stereocenters. The summed E-state index contributed by atoms with van der Waals surface area (Å²) in [7, 11) is 0. The van der Waals surface area contributed by atoms with E-state index in [0.717, 1.165) is 16.0 Å². The Balaban J connectivity index is 1.65. The van der Waals surface area contributed by atoms with E-state index in [-0.39, 0.29) is 5.71 Å². The summed E-state index contributed by atoms with van der Waals surface area (Å²) in [6.07, 6.45) is 0. The van der Waals surface area contributed by atoms with E-state index in [0.29, 0.717) is 22.4 Å². The number of hydrogen-bond acceptors (Lipinski definition) is 5. The van der Waals surface area contributed by atoms with Gasteiger partial charge in [0.15, 0.2) is 5.71 Å². The number of imide groups is 1. The smallest absolute Gasteiger partial charge is 0.312 e. The van der Waals surface area contributed by atoms with E-state index in [4.69, 9.17) is 4.84 Å². The molecule has 0 fully saturated rings. The summed E-state index contributed by atoms with van der Waals surface area (Å²) >= 11 is 0. The van der Waals surface area contributed by atoms with Gasteiger partial charge >= 0.3 is 5.97 Å². The number of fused-ring (bicyclic) bond motifs is 1. The molecule has 0 N–H and O–H groups in total. The van der Waals surface area contributed by atoms with Crippen LogP contribution in [0.4, 0.5) is 5.69 Å². The molecular formula is C24H18N2O4. The highest BCUT2D eigenvalue weighted by Crippen LogP contribution is 2.30.